The third kappa shape index (κ3) is 13.9. The second-order valence-corrected chi connectivity index (χ2v) is 26.7. The van der Waals surface area contributed by atoms with Gasteiger partial charge >= 0.3 is 0 Å². The lowest BCUT2D eigenvalue weighted by Crippen LogP contribution is -2.51. The number of hydrogen-bond donors (Lipinski definition) is 10. The molecule has 30 heteroatoms. The van der Waals surface area contributed by atoms with Crippen molar-refractivity contribution in [3.8, 4) is 49.1 Å². The number of nitrogens with one attached hydrogen (secondary N) is 4. The minimum Gasteiger partial charge on any atom is -0.508 e. The summed E-state index contributed by atoms with van der Waals surface area (Å²) in [4.78, 5) is 119. The minimum absolute atomic E-state index is 0.0106. The highest BCUT2D eigenvalue weighted by Gasteiger charge is 2.36. The third-order valence-electron chi connectivity index (χ3n) is 14.9. The number of carbonyl (C=O) groups is 6. The lowest BCUT2D eigenvalue weighted by molar-refractivity contribution is -0.124. The molecule has 0 saturated carbocycles. The van der Waals surface area contributed by atoms with Gasteiger partial charge < -0.3 is 58.7 Å². The predicted octanol–water partition coefficient (Wildman–Crippen LogP) is 6.08. The van der Waals surface area contributed by atoms with E-state index in [1.54, 1.807) is 72.3 Å². The van der Waals surface area contributed by atoms with Crippen LogP contribution in [0.4, 0.5) is 0 Å². The van der Waals surface area contributed by atoms with Crippen LogP contribution in [0.25, 0.3) is 43.4 Å². The lowest BCUT2D eigenvalue weighted by atomic mass is 9.93. The molecular formula is C58H57N15O9S6. The van der Waals surface area contributed by atoms with Crippen molar-refractivity contribution in [3.63, 3.8) is 0 Å². The van der Waals surface area contributed by atoms with Crippen molar-refractivity contribution < 1.29 is 44.1 Å². The summed E-state index contributed by atoms with van der Waals surface area (Å²) in [6, 6.07) is 13.6. The predicted molar refractivity (Wildman–Crippen MR) is 335 cm³/mol. The maximum Gasteiger partial charge on any atom is 0.271 e. The number of aliphatic hydroxyl groups is 2. The van der Waals surface area contributed by atoms with E-state index >= 15 is 4.79 Å². The zero-order valence-electron chi connectivity index (χ0n) is 46.9. The molecule has 7 atom stereocenters. The molecule has 7 aromatic heterocycles. The molecule has 2 aliphatic heterocycles. The number of amides is 6. The van der Waals surface area contributed by atoms with Gasteiger partial charge in [0, 0.05) is 62.3 Å². The zero-order valence-corrected chi connectivity index (χ0v) is 51.8. The Morgan fingerprint density at radius 1 is 0.636 bits per heavy atom. The van der Waals surface area contributed by atoms with E-state index in [-0.39, 0.29) is 57.5 Å². The number of piperidine rings is 1. The highest BCUT2D eigenvalue weighted by Crippen LogP contribution is 2.40. The topological polar surface area (TPSA) is 383 Å². The van der Waals surface area contributed by atoms with Gasteiger partial charge in [-0.15, -0.1) is 68.0 Å². The Hall–Kier alpha value is -8.17. The van der Waals surface area contributed by atoms with Crippen molar-refractivity contribution in [2.45, 2.75) is 81.9 Å². The summed E-state index contributed by atoms with van der Waals surface area (Å²) in [5, 5.41) is 56.0. The number of aliphatic hydroxyl groups excluding tert-OH is 2. The summed E-state index contributed by atoms with van der Waals surface area (Å²) < 4.78 is 0. The summed E-state index contributed by atoms with van der Waals surface area (Å²) in [7, 11) is 0. The number of aromatic nitrogens is 7. The van der Waals surface area contributed by atoms with Gasteiger partial charge in [-0.2, -0.15) is 0 Å². The second kappa shape index (κ2) is 26.7. The molecule has 24 nitrogen and oxygen atoms in total. The first kappa shape index (κ1) is 61.5. The number of benzene rings is 2. The molecule has 88 heavy (non-hydrogen) atoms. The average Bonchev–Trinajstić information content (AvgIpc) is 3.69. The number of primary amides is 2. The quantitative estimate of drug-likeness (QED) is 0.0662. The highest BCUT2D eigenvalue weighted by molar-refractivity contribution is 7.15. The Balaban J connectivity index is 1.02. The normalized spacial score (nSPS) is 19.1. The maximum absolute atomic E-state index is 15.1. The van der Waals surface area contributed by atoms with Crippen molar-refractivity contribution in [1.29, 1.82) is 0 Å². The summed E-state index contributed by atoms with van der Waals surface area (Å²) in [6.07, 6.45) is -1.35. The molecule has 0 spiro atoms. The van der Waals surface area contributed by atoms with Crippen LogP contribution in [0, 0.1) is 12.8 Å². The summed E-state index contributed by atoms with van der Waals surface area (Å²) in [5.74, 6) is -5.01. The van der Waals surface area contributed by atoms with Crippen LogP contribution >= 0.6 is 68.0 Å². The van der Waals surface area contributed by atoms with Gasteiger partial charge in [-0.25, -0.2) is 34.9 Å². The summed E-state index contributed by atoms with van der Waals surface area (Å²) in [5.41, 5.74) is 20.4. The number of phenols is 1. The van der Waals surface area contributed by atoms with E-state index in [1.807, 2.05) is 6.92 Å². The fourth-order valence-corrected chi connectivity index (χ4v) is 15.3. The number of hydrogen-bond acceptors (Lipinski definition) is 24. The smallest absolute Gasteiger partial charge is 0.271 e. The van der Waals surface area contributed by atoms with Crippen LogP contribution in [0.3, 0.4) is 0 Å². The van der Waals surface area contributed by atoms with E-state index in [2.05, 4.69) is 41.1 Å². The Morgan fingerprint density at radius 3 is 1.98 bits per heavy atom. The van der Waals surface area contributed by atoms with Gasteiger partial charge in [0.25, 0.3) is 23.6 Å². The van der Waals surface area contributed by atoms with Crippen LogP contribution in [0.15, 0.2) is 93.6 Å². The number of carbonyl (C=O) groups excluding carboxylic acids is 6. The average molecular weight is 1300 g/mol. The van der Waals surface area contributed by atoms with Gasteiger partial charge in [0.15, 0.2) is 0 Å². The summed E-state index contributed by atoms with van der Waals surface area (Å²) in [6.45, 7) is 5.08. The number of nitrogens with zero attached hydrogens (tertiary/aromatic N) is 8. The number of aryl methyl sites for hydroxylation is 1. The van der Waals surface area contributed by atoms with Crippen LogP contribution in [0.1, 0.15) is 123 Å². The van der Waals surface area contributed by atoms with E-state index in [4.69, 9.17) is 37.1 Å². The van der Waals surface area contributed by atoms with Crippen LogP contribution in [0.2, 0.25) is 0 Å². The van der Waals surface area contributed by atoms with Crippen molar-refractivity contribution in [2.24, 2.45) is 23.1 Å². The van der Waals surface area contributed by atoms with Crippen LogP contribution in [-0.2, 0) is 16.0 Å². The number of thiazole rings is 6. The van der Waals surface area contributed by atoms with Gasteiger partial charge in [-0.3, -0.25) is 28.8 Å². The largest absolute Gasteiger partial charge is 0.508 e. The standard InChI is InChI=1S/C58H57N15O9S6/c1-26(41(75)20-73-16-14-30(59)15-17-73)43-57-69-40(25-87-57)55-65-36(21-84-55)45-32(12-13-33(62-45)54-66-37(22-85-54)48(61)78)53-67-38(23-83-53)51(81)64-35(19-42(60)76)56-72-44(27(2)88-56)52(82)71-46(47(77)29-6-4-3-5-7-29)58-68-39(24-86-58)50(80)63-34(49(79)70-43)18-28-8-10-31(74)11-9-28/h3-13,21-26,30,34-35,41,43,46-47,74-75,77H,14-20,59H2,1-2H3,(H2,60,76)(H2,61,78)(H,63,80)(H,64,81)(H,70,79)(H,71,82)/t26-,34-,35-,41-,43-,46-,47+/m0/s1. The van der Waals surface area contributed by atoms with Gasteiger partial charge in [0.05, 0.1) is 30.3 Å². The highest BCUT2D eigenvalue weighted by atomic mass is 32.1. The van der Waals surface area contributed by atoms with Crippen molar-refractivity contribution in [1.82, 2.24) is 61.1 Å². The van der Waals surface area contributed by atoms with Gasteiger partial charge in [0.2, 0.25) is 11.8 Å². The van der Waals surface area contributed by atoms with Crippen molar-refractivity contribution >= 4 is 103 Å². The third-order valence-corrected chi connectivity index (χ3v) is 20.4. The molecule has 1 saturated heterocycles. The Morgan fingerprint density at radius 2 is 1.26 bits per heavy atom. The van der Waals surface area contributed by atoms with Crippen molar-refractivity contribution in [2.75, 3.05) is 19.6 Å². The second-order valence-electron chi connectivity index (χ2n) is 21.1. The zero-order chi connectivity index (χ0) is 61.9. The Bertz CT molecular complexity index is 4040. The molecule has 0 radical (unpaired) electrons. The molecule has 2 aromatic carbocycles. The minimum atomic E-state index is -1.42. The monoisotopic (exact) mass is 1300 g/mol. The van der Waals surface area contributed by atoms with E-state index in [1.165, 1.54) is 62.3 Å². The first-order valence-electron chi connectivity index (χ1n) is 27.6. The van der Waals surface area contributed by atoms with E-state index < -0.39 is 84.2 Å². The number of aromatic hydroxyl groups is 1. The van der Waals surface area contributed by atoms with Gasteiger partial charge in [-0.1, -0.05) is 49.4 Å². The maximum atomic E-state index is 15.1. The lowest BCUT2D eigenvalue weighted by Gasteiger charge is -2.35. The molecule has 0 aliphatic carbocycles. The molecule has 454 valence electrons. The number of fused-ring (bicyclic) bond motifs is 14. The Labute approximate surface area is 526 Å². The molecule has 10 bridgehead atoms. The molecule has 11 rings (SSSR count). The fraction of sp³-hybridized carbons (Fsp3) is 0.293. The molecule has 9 aromatic rings. The fourth-order valence-electron chi connectivity index (χ4n) is 10.0. The number of nitrogens with two attached hydrogens (primary N) is 3. The van der Waals surface area contributed by atoms with Crippen LogP contribution in [0.5, 0.6) is 5.75 Å². The number of β-amino-alcohol motifs (C(OH)–C–C–N with tert-alkyl or cyclic N) is 1. The number of pyridine rings is 1. The number of phenolic OH excluding ortho intramolecular Hbond substituents is 1. The molecular weight excluding hydrogens is 1240 g/mol. The molecule has 1 fully saturated rings. The first-order chi connectivity index (χ1) is 42.3. The van der Waals surface area contributed by atoms with E-state index in [0.29, 0.717) is 77.5 Å². The molecule has 9 heterocycles. The van der Waals surface area contributed by atoms with E-state index in [0.717, 1.165) is 46.9 Å². The molecule has 6 amide bonds. The van der Waals surface area contributed by atoms with Gasteiger partial charge in [-0.05, 0) is 68.2 Å². The number of rotatable bonds is 12. The van der Waals surface area contributed by atoms with Crippen LogP contribution in [-0.4, -0.2) is 128 Å². The molecule has 2 aliphatic rings. The van der Waals surface area contributed by atoms with E-state index in [9.17, 15) is 39.3 Å². The molecule has 13 N–H and O–H groups in total. The summed E-state index contributed by atoms with van der Waals surface area (Å²) >= 11 is 6.83. The number of likely N-dealkylation sites (tertiary alicyclic amines) is 1. The Kier molecular flexibility index (Phi) is 18.6. The SMILES string of the molecule is Cc1sc2nc1C(=O)N[C@@H]([C@H](O)c1ccccc1)c1nc(cs1)C(=O)N[C@@H](Cc1ccc(O)cc1)C(=O)N[C@@H]([C@@H](C)[C@@H](O)CN1CCC(N)CC1)c1nc(cs1)-c1nc(cs1)-c1nc(-c3nc(C(N)=O)cs3)ccc1-c1nc(cs1)C(=O)N[C@H]2CC(N)=O. The van der Waals surface area contributed by atoms with Gasteiger partial charge in [0.1, 0.15) is 93.8 Å². The molecule has 0 unspecified atom stereocenters. The van der Waals surface area contributed by atoms with Crippen LogP contribution < -0.4 is 38.5 Å². The van der Waals surface area contributed by atoms with Crippen molar-refractivity contribution in [3.05, 3.63) is 147 Å². The first-order valence-corrected chi connectivity index (χ1v) is 32.8.